The smallest absolute Gasteiger partial charge is 0.466 e. The van der Waals surface area contributed by atoms with Crippen molar-refractivity contribution in [2.75, 3.05) is 6.61 Å². The van der Waals surface area contributed by atoms with Crippen molar-refractivity contribution in [3.8, 4) is 0 Å². The van der Waals surface area contributed by atoms with E-state index in [0.29, 0.717) is 12.2 Å². The number of nitrogens with zero attached hydrogens (tertiary/aromatic N) is 1. The van der Waals surface area contributed by atoms with E-state index in [1.54, 1.807) is 19.1 Å². The molecule has 1 aromatic rings. The summed E-state index contributed by atoms with van der Waals surface area (Å²) < 4.78 is 17.3. The SMILES string of the molecule is CCOC(=O)CC(B1OC(C)(C)C(C)(C)O1)c1ccc(Cl)nc1Cl. The number of pyridine rings is 1. The van der Waals surface area contributed by atoms with Crippen LogP contribution in [0.1, 0.15) is 52.4 Å². The first kappa shape index (κ1) is 19.5. The zero-order chi connectivity index (χ0) is 18.1. The molecule has 5 nitrogen and oxygen atoms in total. The van der Waals surface area contributed by atoms with Crippen LogP contribution in [-0.2, 0) is 18.8 Å². The molecule has 1 saturated heterocycles. The Morgan fingerprint density at radius 3 is 2.33 bits per heavy atom. The van der Waals surface area contributed by atoms with Gasteiger partial charge in [-0.05, 0) is 46.2 Å². The van der Waals surface area contributed by atoms with Gasteiger partial charge in [0.15, 0.2) is 0 Å². The largest absolute Gasteiger partial charge is 0.466 e. The van der Waals surface area contributed by atoms with E-state index in [9.17, 15) is 4.79 Å². The summed E-state index contributed by atoms with van der Waals surface area (Å²) in [6.07, 6.45) is 0.0771. The number of halogens is 2. The minimum Gasteiger partial charge on any atom is -0.466 e. The molecule has 1 fully saturated rings. The summed E-state index contributed by atoms with van der Waals surface area (Å²) in [4.78, 5) is 16.1. The highest BCUT2D eigenvalue weighted by molar-refractivity contribution is 6.48. The number of ether oxygens (including phenoxy) is 1. The van der Waals surface area contributed by atoms with Crippen molar-refractivity contribution in [1.29, 1.82) is 0 Å². The molecule has 0 bridgehead atoms. The van der Waals surface area contributed by atoms with E-state index in [1.807, 2.05) is 27.7 Å². The fourth-order valence-electron chi connectivity index (χ4n) is 2.50. The molecule has 0 aromatic carbocycles. The third kappa shape index (κ3) is 4.05. The molecule has 1 unspecified atom stereocenters. The van der Waals surface area contributed by atoms with Crippen molar-refractivity contribution in [3.63, 3.8) is 0 Å². The monoisotopic (exact) mass is 373 g/mol. The lowest BCUT2D eigenvalue weighted by atomic mass is 9.66. The Morgan fingerprint density at radius 1 is 1.25 bits per heavy atom. The number of aromatic nitrogens is 1. The van der Waals surface area contributed by atoms with Crippen LogP contribution in [0.25, 0.3) is 0 Å². The van der Waals surface area contributed by atoms with Gasteiger partial charge in [0.2, 0.25) is 0 Å². The summed E-state index contributed by atoms with van der Waals surface area (Å²) in [5, 5.41) is 0.513. The van der Waals surface area contributed by atoms with Crippen LogP contribution < -0.4 is 0 Å². The van der Waals surface area contributed by atoms with Crippen LogP contribution in [0.2, 0.25) is 10.3 Å². The number of esters is 1. The Labute approximate surface area is 153 Å². The molecule has 132 valence electrons. The van der Waals surface area contributed by atoms with E-state index < -0.39 is 24.1 Å². The summed E-state index contributed by atoms with van der Waals surface area (Å²) in [7, 11) is -0.639. The lowest BCUT2D eigenvalue weighted by Crippen LogP contribution is -2.41. The van der Waals surface area contributed by atoms with Crippen molar-refractivity contribution in [2.45, 2.75) is 58.1 Å². The molecule has 0 radical (unpaired) electrons. The van der Waals surface area contributed by atoms with Crippen LogP contribution >= 0.6 is 23.2 Å². The minimum absolute atomic E-state index is 0.0771. The highest BCUT2D eigenvalue weighted by Gasteiger charge is 2.54. The summed E-state index contributed by atoms with van der Waals surface area (Å²) in [6.45, 7) is 9.89. The molecule has 1 aromatic heterocycles. The van der Waals surface area contributed by atoms with Crippen molar-refractivity contribution in [2.24, 2.45) is 0 Å². The molecule has 2 heterocycles. The summed E-state index contributed by atoms with van der Waals surface area (Å²) >= 11 is 12.1. The van der Waals surface area contributed by atoms with Gasteiger partial charge in [-0.2, -0.15) is 0 Å². The normalized spacial score (nSPS) is 20.0. The molecule has 1 aliphatic rings. The third-order valence-corrected chi connectivity index (χ3v) is 5.05. The van der Waals surface area contributed by atoms with Gasteiger partial charge in [0.05, 0.1) is 24.2 Å². The predicted octanol–water partition coefficient (Wildman–Crippen LogP) is 4.06. The Kier molecular flexibility index (Phi) is 5.85. The summed E-state index contributed by atoms with van der Waals surface area (Å²) in [5.41, 5.74) is -0.388. The quantitative estimate of drug-likeness (QED) is 0.442. The predicted molar refractivity (Wildman–Crippen MR) is 94.3 cm³/mol. The first-order valence-corrected chi connectivity index (χ1v) is 8.66. The zero-order valence-electron chi connectivity index (χ0n) is 14.6. The number of rotatable bonds is 5. The van der Waals surface area contributed by atoms with Crippen LogP contribution in [0.5, 0.6) is 0 Å². The molecule has 8 heteroatoms. The number of hydrogen-bond donors (Lipinski definition) is 0. The fraction of sp³-hybridized carbons (Fsp3) is 0.625. The van der Waals surface area contributed by atoms with Crippen LogP contribution in [0, 0.1) is 0 Å². The number of carbonyl (C=O) groups is 1. The van der Waals surface area contributed by atoms with Gasteiger partial charge < -0.3 is 14.0 Å². The topological polar surface area (TPSA) is 57.7 Å². The zero-order valence-corrected chi connectivity index (χ0v) is 16.1. The Hall–Kier alpha value is -0.815. The second kappa shape index (κ2) is 7.20. The minimum atomic E-state index is -0.639. The molecule has 0 amide bonds. The molecule has 0 spiro atoms. The summed E-state index contributed by atoms with van der Waals surface area (Å²) in [5.74, 6) is -0.786. The lowest BCUT2D eigenvalue weighted by molar-refractivity contribution is -0.143. The third-order valence-electron chi connectivity index (χ3n) is 4.53. The van der Waals surface area contributed by atoms with Crippen LogP contribution in [0.3, 0.4) is 0 Å². The van der Waals surface area contributed by atoms with E-state index in [-0.39, 0.29) is 22.7 Å². The molecule has 1 aliphatic heterocycles. The average molecular weight is 374 g/mol. The van der Waals surface area contributed by atoms with Gasteiger partial charge in [-0.1, -0.05) is 29.3 Å². The average Bonchev–Trinajstić information content (AvgIpc) is 2.65. The molecular formula is C16H22BCl2NO4. The fourth-order valence-corrected chi connectivity index (χ4v) is 2.99. The Bertz CT molecular complexity index is 608. The standard InChI is InChI=1S/C16H22BCl2NO4/c1-6-22-13(21)9-11(10-7-8-12(18)20-14(10)19)17-23-15(2,3)16(4,5)24-17/h7-8,11H,6,9H2,1-5H3. The highest BCUT2D eigenvalue weighted by atomic mass is 35.5. The molecule has 1 atom stereocenters. The van der Waals surface area contributed by atoms with Gasteiger partial charge in [0.25, 0.3) is 0 Å². The second-order valence-electron chi connectivity index (χ2n) is 6.75. The molecule has 0 N–H and O–H groups in total. The lowest BCUT2D eigenvalue weighted by Gasteiger charge is -2.32. The van der Waals surface area contributed by atoms with E-state index in [0.717, 1.165) is 0 Å². The van der Waals surface area contributed by atoms with E-state index in [2.05, 4.69) is 4.98 Å². The van der Waals surface area contributed by atoms with Crippen molar-refractivity contribution in [1.82, 2.24) is 4.98 Å². The van der Waals surface area contributed by atoms with E-state index >= 15 is 0 Å². The van der Waals surface area contributed by atoms with Gasteiger partial charge in [0, 0.05) is 5.82 Å². The van der Waals surface area contributed by atoms with Crippen LogP contribution in [0.4, 0.5) is 0 Å². The molecule has 24 heavy (non-hydrogen) atoms. The van der Waals surface area contributed by atoms with Gasteiger partial charge in [-0.25, -0.2) is 4.98 Å². The maximum absolute atomic E-state index is 12.1. The molecule has 0 saturated carbocycles. The molecular weight excluding hydrogens is 352 g/mol. The number of hydrogen-bond acceptors (Lipinski definition) is 5. The Morgan fingerprint density at radius 2 is 1.83 bits per heavy atom. The molecule has 2 rings (SSSR count). The number of carbonyl (C=O) groups excluding carboxylic acids is 1. The van der Waals surface area contributed by atoms with E-state index in [1.165, 1.54) is 0 Å². The summed E-state index contributed by atoms with van der Waals surface area (Å²) in [6, 6.07) is 3.37. The van der Waals surface area contributed by atoms with Crippen molar-refractivity contribution >= 4 is 36.3 Å². The maximum Gasteiger partial charge on any atom is 0.466 e. The van der Waals surface area contributed by atoms with Gasteiger partial charge in [0.1, 0.15) is 10.3 Å². The molecule has 0 aliphatic carbocycles. The highest BCUT2D eigenvalue weighted by Crippen LogP contribution is 2.42. The maximum atomic E-state index is 12.1. The van der Waals surface area contributed by atoms with E-state index in [4.69, 9.17) is 37.2 Å². The Balaban J connectivity index is 2.35. The first-order valence-electron chi connectivity index (χ1n) is 7.90. The first-order chi connectivity index (χ1) is 11.1. The van der Waals surface area contributed by atoms with Gasteiger partial charge in [-0.3, -0.25) is 4.79 Å². The van der Waals surface area contributed by atoms with Crippen LogP contribution in [-0.4, -0.2) is 35.9 Å². The van der Waals surface area contributed by atoms with Gasteiger partial charge in [-0.15, -0.1) is 0 Å². The van der Waals surface area contributed by atoms with Crippen molar-refractivity contribution in [3.05, 3.63) is 28.0 Å². The second-order valence-corrected chi connectivity index (χ2v) is 7.50. The van der Waals surface area contributed by atoms with Crippen LogP contribution in [0.15, 0.2) is 12.1 Å². The van der Waals surface area contributed by atoms with Gasteiger partial charge >= 0.3 is 13.1 Å². The van der Waals surface area contributed by atoms with Crippen molar-refractivity contribution < 1.29 is 18.8 Å².